The second-order valence-corrected chi connectivity index (χ2v) is 10.1. The Hall–Kier alpha value is -4.54. The summed E-state index contributed by atoms with van der Waals surface area (Å²) in [5.74, 6) is 0.101. The van der Waals surface area contributed by atoms with E-state index < -0.39 is 5.54 Å². The lowest BCUT2D eigenvalue weighted by Gasteiger charge is -2.47. The second-order valence-electron chi connectivity index (χ2n) is 10.1. The van der Waals surface area contributed by atoms with Gasteiger partial charge in [-0.1, -0.05) is 121 Å². The number of hydrogen-bond donors (Lipinski definition) is 1. The first-order valence-corrected chi connectivity index (χ1v) is 13.2. The molecule has 0 radical (unpaired) electrons. The van der Waals surface area contributed by atoms with Crippen LogP contribution in [0.2, 0.25) is 0 Å². The maximum atomic E-state index is 7.17. The van der Waals surface area contributed by atoms with E-state index in [0.717, 1.165) is 57.7 Å². The first-order chi connectivity index (χ1) is 18.7. The van der Waals surface area contributed by atoms with Gasteiger partial charge in [-0.25, -0.2) is 9.50 Å². The molecular formula is C34H28N4. The molecule has 4 nitrogen and oxygen atoms in total. The molecule has 4 aromatic carbocycles. The number of rotatable bonds is 5. The van der Waals surface area contributed by atoms with Gasteiger partial charge < -0.3 is 5.73 Å². The van der Waals surface area contributed by atoms with Gasteiger partial charge >= 0.3 is 0 Å². The molecule has 0 bridgehead atoms. The van der Waals surface area contributed by atoms with Gasteiger partial charge in [0.25, 0.3) is 0 Å². The average molecular weight is 493 g/mol. The Bertz CT molecular complexity index is 1710. The van der Waals surface area contributed by atoms with Crippen molar-refractivity contribution in [3.05, 3.63) is 139 Å². The minimum Gasteiger partial charge on any atom is -0.321 e. The van der Waals surface area contributed by atoms with Crippen molar-refractivity contribution < 1.29 is 0 Å². The topological polar surface area (TPSA) is 56.2 Å². The van der Waals surface area contributed by atoms with Gasteiger partial charge in [0.2, 0.25) is 0 Å². The third-order valence-electron chi connectivity index (χ3n) is 7.94. The van der Waals surface area contributed by atoms with E-state index in [1.165, 1.54) is 5.56 Å². The monoisotopic (exact) mass is 492 g/mol. The van der Waals surface area contributed by atoms with Crippen LogP contribution in [0.1, 0.15) is 30.0 Å². The van der Waals surface area contributed by atoms with Crippen LogP contribution in [0.25, 0.3) is 39.2 Å². The average Bonchev–Trinajstić information content (AvgIpc) is 3.36. The molecule has 2 heterocycles. The highest BCUT2D eigenvalue weighted by atomic mass is 15.3. The predicted molar refractivity (Wildman–Crippen MR) is 154 cm³/mol. The summed E-state index contributed by atoms with van der Waals surface area (Å²) in [6, 6.07) is 41.8. The third kappa shape index (κ3) is 3.65. The highest BCUT2D eigenvalue weighted by Gasteiger charge is 2.47. The van der Waals surface area contributed by atoms with E-state index in [4.69, 9.17) is 15.8 Å². The van der Waals surface area contributed by atoms with Gasteiger partial charge in [-0.3, -0.25) is 0 Å². The molecule has 1 fully saturated rings. The second kappa shape index (κ2) is 9.09. The van der Waals surface area contributed by atoms with Crippen LogP contribution in [0.15, 0.2) is 128 Å². The Morgan fingerprint density at radius 1 is 0.684 bits per heavy atom. The van der Waals surface area contributed by atoms with Gasteiger partial charge in [-0.15, -0.1) is 0 Å². The summed E-state index contributed by atoms with van der Waals surface area (Å²) < 4.78 is 1.95. The fourth-order valence-corrected chi connectivity index (χ4v) is 5.83. The predicted octanol–water partition coefficient (Wildman–Crippen LogP) is 7.46. The molecule has 0 amide bonds. The Morgan fingerprint density at radius 2 is 1.24 bits per heavy atom. The number of aromatic nitrogens is 3. The Morgan fingerprint density at radius 3 is 1.82 bits per heavy atom. The number of benzene rings is 4. The number of fused-ring (bicyclic) bond motifs is 1. The van der Waals surface area contributed by atoms with Crippen molar-refractivity contribution in [2.75, 3.05) is 0 Å². The normalized spacial score (nSPS) is 18.8. The van der Waals surface area contributed by atoms with Crippen LogP contribution in [0.3, 0.4) is 0 Å². The first-order valence-electron chi connectivity index (χ1n) is 13.2. The van der Waals surface area contributed by atoms with Crippen LogP contribution in [0.4, 0.5) is 0 Å². The molecule has 6 aromatic rings. The van der Waals surface area contributed by atoms with E-state index in [1.807, 2.05) is 28.8 Å². The maximum Gasteiger partial charge on any atom is 0.163 e. The van der Waals surface area contributed by atoms with Crippen molar-refractivity contribution in [1.82, 2.24) is 14.6 Å². The SMILES string of the molecule is NC1(c2ccccc2)CCC1c1nc2c(-c3ccccc3)c(-c3ccccc3)nn2cc1-c1ccccc1. The summed E-state index contributed by atoms with van der Waals surface area (Å²) in [4.78, 5) is 5.44. The fraction of sp³-hybridized carbons (Fsp3) is 0.118. The molecule has 38 heavy (non-hydrogen) atoms. The number of hydrogen-bond acceptors (Lipinski definition) is 3. The zero-order valence-corrected chi connectivity index (χ0v) is 21.0. The molecule has 0 saturated heterocycles. The molecular weight excluding hydrogens is 464 g/mol. The van der Waals surface area contributed by atoms with E-state index in [1.54, 1.807) is 0 Å². The molecule has 4 heteroatoms. The van der Waals surface area contributed by atoms with Crippen molar-refractivity contribution in [1.29, 1.82) is 0 Å². The molecule has 184 valence electrons. The van der Waals surface area contributed by atoms with Crippen molar-refractivity contribution in [3.63, 3.8) is 0 Å². The first kappa shape index (κ1) is 22.6. The highest BCUT2D eigenvalue weighted by molar-refractivity contribution is 5.91. The van der Waals surface area contributed by atoms with Crippen LogP contribution in [0.5, 0.6) is 0 Å². The van der Waals surface area contributed by atoms with E-state index in [0.29, 0.717) is 0 Å². The van der Waals surface area contributed by atoms with Crippen LogP contribution < -0.4 is 5.73 Å². The van der Waals surface area contributed by atoms with E-state index in [9.17, 15) is 0 Å². The quantitative estimate of drug-likeness (QED) is 0.272. The van der Waals surface area contributed by atoms with Crippen molar-refractivity contribution in [2.45, 2.75) is 24.3 Å². The molecule has 0 spiro atoms. The van der Waals surface area contributed by atoms with Crippen molar-refractivity contribution in [2.24, 2.45) is 5.73 Å². The molecule has 2 unspecified atom stereocenters. The van der Waals surface area contributed by atoms with Gasteiger partial charge in [0.15, 0.2) is 5.65 Å². The minimum atomic E-state index is -0.453. The smallest absolute Gasteiger partial charge is 0.163 e. The largest absolute Gasteiger partial charge is 0.321 e. The number of nitrogens with two attached hydrogens (primary N) is 1. The van der Waals surface area contributed by atoms with Gasteiger partial charge in [0.1, 0.15) is 5.69 Å². The van der Waals surface area contributed by atoms with Crippen molar-refractivity contribution >= 4 is 5.65 Å². The van der Waals surface area contributed by atoms with Gasteiger partial charge in [-0.05, 0) is 29.5 Å². The standard InChI is InChI=1S/C34H28N4/c35-34(27-19-11-4-12-20-27)22-21-29(34)32-28(24-13-5-1-6-14-24)23-38-33(36-32)30(25-15-7-2-8-16-25)31(37-38)26-17-9-3-10-18-26/h1-20,23,29H,21-22,35H2. The fourth-order valence-electron chi connectivity index (χ4n) is 5.83. The van der Waals surface area contributed by atoms with Crippen LogP contribution in [-0.2, 0) is 5.54 Å². The molecule has 1 saturated carbocycles. The Labute approximate surface area is 222 Å². The third-order valence-corrected chi connectivity index (χ3v) is 7.94. The van der Waals surface area contributed by atoms with E-state index in [2.05, 4.69) is 103 Å². The molecule has 1 aliphatic rings. The van der Waals surface area contributed by atoms with E-state index in [-0.39, 0.29) is 5.92 Å². The highest BCUT2D eigenvalue weighted by Crippen LogP contribution is 2.52. The lowest BCUT2D eigenvalue weighted by Crippen LogP contribution is -2.50. The van der Waals surface area contributed by atoms with Crippen LogP contribution in [-0.4, -0.2) is 14.6 Å². The summed E-state index contributed by atoms with van der Waals surface area (Å²) in [5, 5.41) is 5.11. The number of nitrogens with zero attached hydrogens (tertiary/aromatic N) is 3. The summed E-state index contributed by atoms with van der Waals surface area (Å²) in [6.45, 7) is 0. The zero-order valence-electron chi connectivity index (χ0n) is 21.0. The van der Waals surface area contributed by atoms with Gasteiger partial charge in [0.05, 0.1) is 11.3 Å². The minimum absolute atomic E-state index is 0.101. The summed E-state index contributed by atoms with van der Waals surface area (Å²) in [6.07, 6.45) is 4.08. The Balaban J connectivity index is 1.51. The molecule has 2 N–H and O–H groups in total. The molecule has 0 aliphatic heterocycles. The summed E-state index contributed by atoms with van der Waals surface area (Å²) in [5.41, 5.74) is 16.1. The zero-order chi connectivity index (χ0) is 25.5. The van der Waals surface area contributed by atoms with Crippen LogP contribution >= 0.6 is 0 Å². The summed E-state index contributed by atoms with van der Waals surface area (Å²) >= 11 is 0. The van der Waals surface area contributed by atoms with Gasteiger partial charge in [0, 0.05) is 28.8 Å². The van der Waals surface area contributed by atoms with Gasteiger partial charge in [-0.2, -0.15) is 5.10 Å². The maximum absolute atomic E-state index is 7.17. The summed E-state index contributed by atoms with van der Waals surface area (Å²) in [7, 11) is 0. The van der Waals surface area contributed by atoms with Crippen LogP contribution in [0, 0.1) is 0 Å². The Kier molecular flexibility index (Phi) is 5.41. The molecule has 1 aliphatic carbocycles. The molecule has 2 atom stereocenters. The van der Waals surface area contributed by atoms with E-state index >= 15 is 0 Å². The molecule has 2 aromatic heterocycles. The lowest BCUT2D eigenvalue weighted by molar-refractivity contribution is 0.195. The van der Waals surface area contributed by atoms with Crippen molar-refractivity contribution in [3.8, 4) is 33.5 Å². The molecule has 7 rings (SSSR count). The lowest BCUT2D eigenvalue weighted by atomic mass is 9.61.